The van der Waals surface area contributed by atoms with E-state index >= 15 is 0 Å². The Morgan fingerprint density at radius 2 is 2.18 bits per heavy atom. The highest BCUT2D eigenvalue weighted by atomic mass is 32.1. The van der Waals surface area contributed by atoms with Crippen LogP contribution in [0.25, 0.3) is 0 Å². The van der Waals surface area contributed by atoms with Gasteiger partial charge in [0.2, 0.25) is 0 Å². The van der Waals surface area contributed by atoms with E-state index in [-0.39, 0.29) is 11.7 Å². The Balaban J connectivity index is 1.78. The molecule has 1 saturated carbocycles. The lowest BCUT2D eigenvalue weighted by Crippen LogP contribution is -2.31. The summed E-state index contributed by atoms with van der Waals surface area (Å²) in [7, 11) is 0. The first-order chi connectivity index (χ1) is 8.27. The van der Waals surface area contributed by atoms with Crippen LogP contribution in [0.5, 0.6) is 0 Å². The van der Waals surface area contributed by atoms with E-state index in [0.29, 0.717) is 6.42 Å². The van der Waals surface area contributed by atoms with Crippen LogP contribution in [0.3, 0.4) is 0 Å². The predicted octanol–water partition coefficient (Wildman–Crippen LogP) is 3.19. The molecule has 1 unspecified atom stereocenters. The number of hydrogen-bond acceptors (Lipinski definition) is 3. The van der Waals surface area contributed by atoms with Gasteiger partial charge in [-0.3, -0.25) is 4.79 Å². The molecule has 0 amide bonds. The lowest BCUT2D eigenvalue weighted by Gasteiger charge is -2.25. The molecule has 1 aromatic rings. The van der Waals surface area contributed by atoms with Crippen LogP contribution in [0.4, 0.5) is 0 Å². The lowest BCUT2D eigenvalue weighted by molar-refractivity contribution is -0.130. The van der Waals surface area contributed by atoms with Crippen molar-refractivity contribution < 1.29 is 9.90 Å². The van der Waals surface area contributed by atoms with E-state index < -0.39 is 6.10 Å². The molecule has 1 aromatic heterocycles. The van der Waals surface area contributed by atoms with Crippen molar-refractivity contribution in [3.8, 4) is 0 Å². The molecule has 2 rings (SSSR count). The van der Waals surface area contributed by atoms with Crippen molar-refractivity contribution in [3.05, 3.63) is 22.4 Å². The Morgan fingerprint density at radius 3 is 2.82 bits per heavy atom. The van der Waals surface area contributed by atoms with Gasteiger partial charge in [-0.2, -0.15) is 0 Å². The zero-order valence-corrected chi connectivity index (χ0v) is 10.9. The van der Waals surface area contributed by atoms with E-state index in [1.54, 1.807) is 11.3 Å². The molecule has 1 aliphatic carbocycles. The minimum absolute atomic E-state index is 0.0327. The summed E-state index contributed by atoms with van der Waals surface area (Å²) in [6, 6.07) is 4.05. The van der Waals surface area contributed by atoms with E-state index in [1.807, 2.05) is 17.5 Å². The van der Waals surface area contributed by atoms with Crippen LogP contribution in [0, 0.1) is 5.92 Å². The molecule has 1 aliphatic rings. The second kappa shape index (κ2) is 6.31. The van der Waals surface area contributed by atoms with Crippen molar-refractivity contribution in [2.45, 2.75) is 51.0 Å². The van der Waals surface area contributed by atoms with Gasteiger partial charge in [-0.1, -0.05) is 25.3 Å². The molecule has 17 heavy (non-hydrogen) atoms. The van der Waals surface area contributed by atoms with Crippen LogP contribution in [-0.2, 0) is 11.2 Å². The third-order valence-electron chi connectivity index (χ3n) is 3.62. The number of carbonyl (C=O) groups is 1. The Morgan fingerprint density at radius 1 is 1.41 bits per heavy atom. The maximum atomic E-state index is 11.9. The van der Waals surface area contributed by atoms with Crippen LogP contribution >= 0.6 is 11.3 Å². The molecule has 2 nitrogen and oxygen atoms in total. The fraction of sp³-hybridized carbons (Fsp3) is 0.643. The Labute approximate surface area is 107 Å². The Kier molecular flexibility index (Phi) is 4.75. The number of aliphatic hydroxyl groups is 1. The molecule has 0 radical (unpaired) electrons. The van der Waals surface area contributed by atoms with Crippen LogP contribution in [0.1, 0.15) is 43.4 Å². The summed E-state index contributed by atoms with van der Waals surface area (Å²) >= 11 is 1.68. The largest absolute Gasteiger partial charge is 0.385 e. The average Bonchev–Trinajstić information content (AvgIpc) is 2.89. The summed E-state index contributed by atoms with van der Waals surface area (Å²) in [6.45, 7) is 0. The van der Waals surface area contributed by atoms with Crippen molar-refractivity contribution >= 4 is 17.1 Å². The molecule has 0 spiro atoms. The third kappa shape index (κ3) is 3.65. The van der Waals surface area contributed by atoms with Crippen LogP contribution in [0.2, 0.25) is 0 Å². The zero-order chi connectivity index (χ0) is 12.1. The minimum Gasteiger partial charge on any atom is -0.385 e. The fourth-order valence-electron chi connectivity index (χ4n) is 2.56. The molecule has 1 heterocycles. The zero-order valence-electron chi connectivity index (χ0n) is 10.1. The quantitative estimate of drug-likeness (QED) is 0.874. The molecule has 3 heteroatoms. The van der Waals surface area contributed by atoms with Gasteiger partial charge in [0.25, 0.3) is 0 Å². The topological polar surface area (TPSA) is 37.3 Å². The second-order valence-electron chi connectivity index (χ2n) is 4.89. The fourth-order valence-corrected chi connectivity index (χ4v) is 3.27. The molecule has 0 aromatic carbocycles. The van der Waals surface area contributed by atoms with Crippen LogP contribution in [0.15, 0.2) is 17.5 Å². The van der Waals surface area contributed by atoms with Gasteiger partial charge in [-0.05, 0) is 36.6 Å². The molecular weight excluding hydrogens is 232 g/mol. The van der Waals surface area contributed by atoms with Gasteiger partial charge in [0.15, 0.2) is 5.78 Å². The molecule has 1 atom stereocenters. The molecule has 1 N–H and O–H groups in total. The highest BCUT2D eigenvalue weighted by Gasteiger charge is 2.26. The summed E-state index contributed by atoms with van der Waals surface area (Å²) in [5.41, 5.74) is 0. The van der Waals surface area contributed by atoms with Crippen molar-refractivity contribution in [2.75, 3.05) is 0 Å². The number of rotatable bonds is 5. The number of thiophene rings is 1. The molecule has 0 aliphatic heterocycles. The maximum Gasteiger partial charge on any atom is 0.161 e. The highest BCUT2D eigenvalue weighted by molar-refractivity contribution is 7.09. The van der Waals surface area contributed by atoms with E-state index in [1.165, 1.54) is 24.1 Å². The smallest absolute Gasteiger partial charge is 0.161 e. The molecule has 1 fully saturated rings. The summed E-state index contributed by atoms with van der Waals surface area (Å²) in [5.74, 6) is 0.255. The van der Waals surface area contributed by atoms with E-state index in [0.717, 1.165) is 19.3 Å². The maximum absolute atomic E-state index is 11.9. The van der Waals surface area contributed by atoms with Gasteiger partial charge in [0.05, 0.1) is 0 Å². The van der Waals surface area contributed by atoms with Crippen molar-refractivity contribution in [1.29, 1.82) is 0 Å². The van der Waals surface area contributed by atoms with E-state index in [4.69, 9.17) is 0 Å². The second-order valence-corrected chi connectivity index (χ2v) is 5.92. The van der Waals surface area contributed by atoms with Gasteiger partial charge in [0, 0.05) is 11.3 Å². The Hall–Kier alpha value is -0.670. The number of carbonyl (C=O) groups excluding carboxylic acids is 1. The SMILES string of the molecule is O=C(CCc1cccs1)C(O)C1CCCCC1. The van der Waals surface area contributed by atoms with Crippen LogP contribution < -0.4 is 0 Å². The number of aliphatic hydroxyl groups excluding tert-OH is 1. The summed E-state index contributed by atoms with van der Waals surface area (Å²) < 4.78 is 0. The minimum atomic E-state index is -0.713. The number of Topliss-reactive ketones (excluding diaryl/α,β-unsaturated/α-hetero) is 1. The van der Waals surface area contributed by atoms with Gasteiger partial charge in [-0.25, -0.2) is 0 Å². The molecule has 0 bridgehead atoms. The average molecular weight is 252 g/mol. The van der Waals surface area contributed by atoms with Crippen LogP contribution in [-0.4, -0.2) is 17.0 Å². The molecule has 0 saturated heterocycles. The normalized spacial score (nSPS) is 19.1. The van der Waals surface area contributed by atoms with Gasteiger partial charge in [0.1, 0.15) is 6.10 Å². The third-order valence-corrected chi connectivity index (χ3v) is 4.56. The summed E-state index contributed by atoms with van der Waals surface area (Å²) in [5, 5.41) is 12.1. The number of aryl methyl sites for hydroxylation is 1. The standard InChI is InChI=1S/C14H20O2S/c15-13(9-8-12-7-4-10-17-12)14(16)11-5-2-1-3-6-11/h4,7,10-11,14,16H,1-3,5-6,8-9H2. The first kappa shape index (κ1) is 12.8. The van der Waals surface area contributed by atoms with Gasteiger partial charge in [-0.15, -0.1) is 11.3 Å². The first-order valence-corrected chi connectivity index (χ1v) is 7.38. The van der Waals surface area contributed by atoms with Gasteiger partial charge < -0.3 is 5.11 Å². The summed E-state index contributed by atoms with van der Waals surface area (Å²) in [4.78, 5) is 13.1. The molecular formula is C14H20O2S. The predicted molar refractivity (Wildman–Crippen MR) is 70.2 cm³/mol. The number of hydrogen-bond donors (Lipinski definition) is 1. The van der Waals surface area contributed by atoms with E-state index in [2.05, 4.69) is 0 Å². The van der Waals surface area contributed by atoms with Crippen molar-refractivity contribution in [1.82, 2.24) is 0 Å². The van der Waals surface area contributed by atoms with Crippen molar-refractivity contribution in [2.24, 2.45) is 5.92 Å². The Bertz CT molecular complexity index is 339. The molecule has 94 valence electrons. The van der Waals surface area contributed by atoms with Gasteiger partial charge >= 0.3 is 0 Å². The monoisotopic (exact) mass is 252 g/mol. The lowest BCUT2D eigenvalue weighted by atomic mass is 9.83. The van der Waals surface area contributed by atoms with E-state index in [9.17, 15) is 9.90 Å². The van der Waals surface area contributed by atoms with Crippen molar-refractivity contribution in [3.63, 3.8) is 0 Å². The summed E-state index contributed by atoms with van der Waals surface area (Å²) in [6.07, 6.45) is 6.18. The first-order valence-electron chi connectivity index (χ1n) is 6.50. The highest BCUT2D eigenvalue weighted by Crippen LogP contribution is 2.27. The number of ketones is 1.